The molecule has 1 unspecified atom stereocenters. The Hall–Kier alpha value is -0.860. The Morgan fingerprint density at radius 3 is 1.94 bits per heavy atom. The highest BCUT2D eigenvalue weighted by atomic mass is 16.3. The fourth-order valence-corrected chi connectivity index (χ4v) is 2.81. The van der Waals surface area contributed by atoms with Crippen molar-refractivity contribution in [3.63, 3.8) is 0 Å². The molecule has 1 aliphatic rings. The third kappa shape index (κ3) is 2.76. The summed E-state index contributed by atoms with van der Waals surface area (Å²) in [5, 5.41) is 20.9. The molecule has 2 N–H and O–H groups in total. The van der Waals surface area contributed by atoms with Crippen LogP contribution in [0.15, 0.2) is 24.3 Å². The standard InChI is InChI=1S/C16H24O2/c1-12(2)13-6-8-14(9-7-13)15(17)16(18)10-4-3-5-11-16/h6-9,12,15,17-18H,3-5,10-11H2,1-2H3. The van der Waals surface area contributed by atoms with Gasteiger partial charge >= 0.3 is 0 Å². The van der Waals surface area contributed by atoms with E-state index in [-0.39, 0.29) is 0 Å². The number of aliphatic hydroxyl groups excluding tert-OH is 1. The smallest absolute Gasteiger partial charge is 0.108 e. The van der Waals surface area contributed by atoms with Crippen molar-refractivity contribution >= 4 is 0 Å². The van der Waals surface area contributed by atoms with Crippen LogP contribution in [0.2, 0.25) is 0 Å². The highest BCUT2D eigenvalue weighted by Gasteiger charge is 2.37. The third-order valence-corrected chi connectivity index (χ3v) is 4.15. The van der Waals surface area contributed by atoms with Gasteiger partial charge in [-0.1, -0.05) is 57.4 Å². The molecule has 0 aliphatic heterocycles. The second-order valence-electron chi connectivity index (χ2n) is 5.89. The van der Waals surface area contributed by atoms with E-state index < -0.39 is 11.7 Å². The van der Waals surface area contributed by atoms with Gasteiger partial charge in [-0.05, 0) is 29.9 Å². The topological polar surface area (TPSA) is 40.5 Å². The van der Waals surface area contributed by atoms with Gasteiger partial charge in [0, 0.05) is 0 Å². The number of rotatable bonds is 3. The predicted molar refractivity (Wildman–Crippen MR) is 73.5 cm³/mol. The summed E-state index contributed by atoms with van der Waals surface area (Å²) in [6, 6.07) is 8.00. The van der Waals surface area contributed by atoms with Crippen LogP contribution < -0.4 is 0 Å². The Morgan fingerprint density at radius 1 is 0.944 bits per heavy atom. The number of benzene rings is 1. The molecule has 2 rings (SSSR count). The average Bonchev–Trinajstić information content (AvgIpc) is 2.39. The molecule has 0 saturated heterocycles. The van der Waals surface area contributed by atoms with Gasteiger partial charge in [-0.3, -0.25) is 0 Å². The Kier molecular flexibility index (Phi) is 4.08. The second-order valence-corrected chi connectivity index (χ2v) is 5.89. The van der Waals surface area contributed by atoms with Gasteiger partial charge < -0.3 is 10.2 Å². The molecule has 1 aromatic rings. The number of hydrogen-bond acceptors (Lipinski definition) is 2. The van der Waals surface area contributed by atoms with Crippen LogP contribution in [-0.2, 0) is 0 Å². The molecule has 1 aliphatic carbocycles. The maximum absolute atomic E-state index is 10.5. The van der Waals surface area contributed by atoms with Gasteiger partial charge in [0.05, 0.1) is 5.60 Å². The van der Waals surface area contributed by atoms with Gasteiger partial charge in [-0.2, -0.15) is 0 Å². The molecule has 18 heavy (non-hydrogen) atoms. The quantitative estimate of drug-likeness (QED) is 0.859. The zero-order valence-electron chi connectivity index (χ0n) is 11.4. The molecule has 1 atom stereocenters. The Balaban J connectivity index is 2.15. The van der Waals surface area contributed by atoms with Gasteiger partial charge in [-0.15, -0.1) is 0 Å². The van der Waals surface area contributed by atoms with Crippen LogP contribution in [0.25, 0.3) is 0 Å². The van der Waals surface area contributed by atoms with Crippen LogP contribution in [0, 0.1) is 0 Å². The normalized spacial score (nSPS) is 20.9. The first-order valence-corrected chi connectivity index (χ1v) is 7.03. The summed E-state index contributed by atoms with van der Waals surface area (Å²) in [4.78, 5) is 0. The van der Waals surface area contributed by atoms with Crippen molar-refractivity contribution in [1.29, 1.82) is 0 Å². The maximum Gasteiger partial charge on any atom is 0.108 e. The first-order valence-electron chi connectivity index (χ1n) is 7.03. The van der Waals surface area contributed by atoms with E-state index >= 15 is 0 Å². The van der Waals surface area contributed by atoms with E-state index in [1.165, 1.54) is 12.0 Å². The minimum absolute atomic E-state index is 0.494. The lowest BCUT2D eigenvalue weighted by Crippen LogP contribution is -2.38. The SMILES string of the molecule is CC(C)c1ccc(C(O)C2(O)CCCCC2)cc1. The molecule has 2 heteroatoms. The molecule has 0 spiro atoms. The third-order valence-electron chi connectivity index (χ3n) is 4.15. The molecule has 1 aromatic carbocycles. The van der Waals surface area contributed by atoms with Crippen LogP contribution in [0.5, 0.6) is 0 Å². The molecular formula is C16H24O2. The summed E-state index contributed by atoms with van der Waals surface area (Å²) in [5.41, 5.74) is 1.18. The van der Waals surface area contributed by atoms with Gasteiger partial charge in [0.2, 0.25) is 0 Å². The van der Waals surface area contributed by atoms with Crippen molar-refractivity contribution in [2.24, 2.45) is 0 Å². The van der Waals surface area contributed by atoms with Crippen molar-refractivity contribution < 1.29 is 10.2 Å². The summed E-state index contributed by atoms with van der Waals surface area (Å²) < 4.78 is 0. The molecule has 1 fully saturated rings. The molecule has 1 saturated carbocycles. The van der Waals surface area contributed by atoms with Gasteiger partial charge in [0.25, 0.3) is 0 Å². The molecule has 0 amide bonds. The minimum Gasteiger partial charge on any atom is -0.387 e. The Bertz CT molecular complexity index is 375. The largest absolute Gasteiger partial charge is 0.387 e. The molecule has 0 heterocycles. The van der Waals surface area contributed by atoms with E-state index in [9.17, 15) is 10.2 Å². The lowest BCUT2D eigenvalue weighted by Gasteiger charge is -2.36. The van der Waals surface area contributed by atoms with Crippen molar-refractivity contribution in [1.82, 2.24) is 0 Å². The van der Waals surface area contributed by atoms with Gasteiger partial charge in [0.15, 0.2) is 0 Å². The van der Waals surface area contributed by atoms with Crippen LogP contribution in [0.1, 0.15) is 69.1 Å². The van der Waals surface area contributed by atoms with Crippen LogP contribution >= 0.6 is 0 Å². The second kappa shape index (κ2) is 5.41. The summed E-state index contributed by atoms with van der Waals surface area (Å²) in [7, 11) is 0. The van der Waals surface area contributed by atoms with Crippen molar-refractivity contribution in [2.45, 2.75) is 63.6 Å². The van der Waals surface area contributed by atoms with Crippen molar-refractivity contribution in [2.75, 3.05) is 0 Å². The van der Waals surface area contributed by atoms with Crippen LogP contribution in [0.3, 0.4) is 0 Å². The molecule has 0 bridgehead atoms. The predicted octanol–water partition coefficient (Wildman–Crippen LogP) is 3.54. The fourth-order valence-electron chi connectivity index (χ4n) is 2.81. The summed E-state index contributed by atoms with van der Waals surface area (Å²) in [6.07, 6.45) is 3.86. The first-order chi connectivity index (χ1) is 8.53. The molecule has 0 aromatic heterocycles. The van der Waals surface area contributed by atoms with Crippen LogP contribution in [-0.4, -0.2) is 15.8 Å². The zero-order valence-corrected chi connectivity index (χ0v) is 11.4. The summed E-state index contributed by atoms with van der Waals surface area (Å²) in [6.45, 7) is 4.31. The molecular weight excluding hydrogens is 224 g/mol. The zero-order chi connectivity index (χ0) is 13.2. The maximum atomic E-state index is 10.5. The van der Waals surface area contributed by atoms with E-state index in [1.807, 2.05) is 12.1 Å². The summed E-state index contributed by atoms with van der Waals surface area (Å²) in [5.74, 6) is 0.494. The van der Waals surface area contributed by atoms with E-state index in [0.29, 0.717) is 18.8 Å². The van der Waals surface area contributed by atoms with E-state index in [1.54, 1.807) is 0 Å². The van der Waals surface area contributed by atoms with Gasteiger partial charge in [-0.25, -0.2) is 0 Å². The van der Waals surface area contributed by atoms with E-state index in [4.69, 9.17) is 0 Å². The van der Waals surface area contributed by atoms with Crippen LogP contribution in [0.4, 0.5) is 0 Å². The minimum atomic E-state index is -0.919. The van der Waals surface area contributed by atoms with E-state index in [2.05, 4.69) is 26.0 Å². The molecule has 100 valence electrons. The Morgan fingerprint density at radius 2 is 1.44 bits per heavy atom. The van der Waals surface area contributed by atoms with Crippen molar-refractivity contribution in [3.05, 3.63) is 35.4 Å². The van der Waals surface area contributed by atoms with Gasteiger partial charge in [0.1, 0.15) is 6.10 Å². The molecule has 2 nitrogen and oxygen atoms in total. The average molecular weight is 248 g/mol. The first kappa shape index (κ1) is 13.6. The van der Waals surface area contributed by atoms with E-state index in [0.717, 1.165) is 18.4 Å². The van der Waals surface area contributed by atoms with Crippen molar-refractivity contribution in [3.8, 4) is 0 Å². The number of aliphatic hydroxyl groups is 2. The highest BCUT2D eigenvalue weighted by molar-refractivity contribution is 5.27. The lowest BCUT2D eigenvalue weighted by molar-refractivity contribution is -0.0991. The Labute approximate surface area is 110 Å². The number of hydrogen-bond donors (Lipinski definition) is 2. The lowest BCUT2D eigenvalue weighted by atomic mass is 9.78. The molecule has 0 radical (unpaired) electrons. The monoisotopic (exact) mass is 248 g/mol. The fraction of sp³-hybridized carbons (Fsp3) is 0.625. The summed E-state index contributed by atoms with van der Waals surface area (Å²) >= 11 is 0. The highest BCUT2D eigenvalue weighted by Crippen LogP contribution is 2.38.